The second-order valence-electron chi connectivity index (χ2n) is 4.35. The van der Waals surface area contributed by atoms with Crippen molar-refractivity contribution < 1.29 is 14.2 Å². The number of hydrogen-bond donors (Lipinski definition) is 0. The van der Waals surface area contributed by atoms with Gasteiger partial charge < -0.3 is 14.2 Å². The lowest BCUT2D eigenvalue weighted by atomic mass is 10.6. The molecule has 0 bridgehead atoms. The molecule has 0 aliphatic rings. The van der Waals surface area contributed by atoms with E-state index in [4.69, 9.17) is 14.2 Å². The third-order valence-electron chi connectivity index (χ3n) is 2.14. The van der Waals surface area contributed by atoms with Crippen LogP contribution in [0, 0.1) is 0 Å². The summed E-state index contributed by atoms with van der Waals surface area (Å²) in [5, 5.41) is 0.971. The minimum atomic E-state index is -1.63. The van der Waals surface area contributed by atoms with Crippen LogP contribution in [-0.2, 0) is 0 Å². The second-order valence-corrected chi connectivity index (χ2v) is 9.35. The molecule has 0 fully saturated rings. The molecule has 1 rings (SSSR count). The van der Waals surface area contributed by atoms with E-state index in [2.05, 4.69) is 29.6 Å². The predicted molar refractivity (Wildman–Crippen MR) is 64.7 cm³/mol. The predicted octanol–water partition coefficient (Wildman–Crippen LogP) is 1.05. The number of hydrogen-bond acceptors (Lipinski definition) is 5. The van der Waals surface area contributed by atoms with Crippen molar-refractivity contribution in [2.45, 2.75) is 19.6 Å². The van der Waals surface area contributed by atoms with Crippen LogP contribution in [-0.4, -0.2) is 39.4 Å². The van der Waals surface area contributed by atoms with Gasteiger partial charge in [0, 0.05) is 0 Å². The zero-order valence-corrected chi connectivity index (χ0v) is 11.6. The smallest absolute Gasteiger partial charge is 0.322 e. The van der Waals surface area contributed by atoms with Crippen LogP contribution in [0.2, 0.25) is 19.6 Å². The standard InChI is InChI=1S/C10H18N2O3Si/c1-13-8-7(16(4,5)6)9(14-2)12-10(11-8)15-3/h1-6H3. The first kappa shape index (κ1) is 12.8. The van der Waals surface area contributed by atoms with Crippen LogP contribution < -0.4 is 19.4 Å². The second kappa shape index (κ2) is 4.69. The number of aromatic nitrogens is 2. The van der Waals surface area contributed by atoms with Crippen molar-refractivity contribution >= 4 is 13.3 Å². The highest BCUT2D eigenvalue weighted by Gasteiger charge is 2.29. The number of ether oxygens (including phenoxy) is 3. The van der Waals surface area contributed by atoms with Gasteiger partial charge in [-0.15, -0.1) is 0 Å². The quantitative estimate of drug-likeness (QED) is 0.739. The average molecular weight is 242 g/mol. The van der Waals surface area contributed by atoms with Crippen LogP contribution in [0.3, 0.4) is 0 Å². The average Bonchev–Trinajstić information content (AvgIpc) is 2.25. The van der Waals surface area contributed by atoms with Gasteiger partial charge >= 0.3 is 6.01 Å². The van der Waals surface area contributed by atoms with Crippen molar-refractivity contribution in [1.82, 2.24) is 9.97 Å². The fraction of sp³-hybridized carbons (Fsp3) is 0.600. The van der Waals surface area contributed by atoms with E-state index in [-0.39, 0.29) is 6.01 Å². The van der Waals surface area contributed by atoms with Gasteiger partial charge in [0.25, 0.3) is 0 Å². The molecule has 16 heavy (non-hydrogen) atoms. The van der Waals surface area contributed by atoms with Gasteiger partial charge in [0.05, 0.1) is 34.6 Å². The molecule has 0 amide bonds. The monoisotopic (exact) mass is 242 g/mol. The summed E-state index contributed by atoms with van der Waals surface area (Å²) >= 11 is 0. The van der Waals surface area contributed by atoms with Gasteiger partial charge in [-0.25, -0.2) is 0 Å². The molecule has 0 atom stereocenters. The lowest BCUT2D eigenvalue weighted by molar-refractivity contribution is 0.333. The summed E-state index contributed by atoms with van der Waals surface area (Å²) in [5.74, 6) is 1.09. The third kappa shape index (κ3) is 2.44. The summed E-state index contributed by atoms with van der Waals surface area (Å²) in [4.78, 5) is 8.37. The molecule has 0 radical (unpaired) electrons. The lowest BCUT2D eigenvalue weighted by Gasteiger charge is -2.21. The van der Waals surface area contributed by atoms with E-state index in [1.165, 1.54) is 7.11 Å². The summed E-state index contributed by atoms with van der Waals surface area (Å²) in [6.07, 6.45) is 0. The minimum absolute atomic E-state index is 0.260. The molecule has 6 heteroatoms. The Labute approximate surface area is 96.8 Å². The van der Waals surface area contributed by atoms with E-state index in [0.717, 1.165) is 5.19 Å². The third-order valence-corrected chi connectivity index (χ3v) is 4.07. The summed E-state index contributed by atoms with van der Waals surface area (Å²) < 4.78 is 15.6. The molecule has 0 unspecified atom stereocenters. The van der Waals surface area contributed by atoms with Gasteiger partial charge in [0.2, 0.25) is 11.8 Å². The van der Waals surface area contributed by atoms with Crippen LogP contribution in [0.15, 0.2) is 0 Å². The Hall–Kier alpha value is -1.30. The van der Waals surface area contributed by atoms with Crippen molar-refractivity contribution in [2.75, 3.05) is 21.3 Å². The van der Waals surface area contributed by atoms with Crippen LogP contribution in [0.5, 0.6) is 17.8 Å². The summed E-state index contributed by atoms with van der Waals surface area (Å²) in [7, 11) is 3.06. The van der Waals surface area contributed by atoms with Crippen molar-refractivity contribution in [2.24, 2.45) is 0 Å². The largest absolute Gasteiger partial charge is 0.481 e. The van der Waals surface area contributed by atoms with E-state index in [1.54, 1.807) is 14.2 Å². The molecule has 1 aromatic heterocycles. The molecule has 1 aromatic rings. The van der Waals surface area contributed by atoms with E-state index >= 15 is 0 Å². The molecule has 5 nitrogen and oxygen atoms in total. The fourth-order valence-electron chi connectivity index (χ4n) is 1.43. The molecule has 1 heterocycles. The van der Waals surface area contributed by atoms with E-state index in [1.807, 2.05) is 0 Å². The van der Waals surface area contributed by atoms with Gasteiger partial charge in [-0.1, -0.05) is 19.6 Å². The fourth-order valence-corrected chi connectivity index (χ4v) is 3.03. The van der Waals surface area contributed by atoms with Crippen molar-refractivity contribution in [3.05, 3.63) is 0 Å². The Kier molecular flexibility index (Phi) is 3.74. The molecule has 90 valence electrons. The van der Waals surface area contributed by atoms with Gasteiger partial charge in [-0.05, 0) is 0 Å². The Bertz CT molecular complexity index is 352. The van der Waals surface area contributed by atoms with Gasteiger partial charge in [-0.2, -0.15) is 9.97 Å². The van der Waals surface area contributed by atoms with Crippen molar-refractivity contribution in [3.63, 3.8) is 0 Å². The molecule has 0 aliphatic carbocycles. The summed E-state index contributed by atoms with van der Waals surface area (Å²) in [6, 6.07) is 0.260. The van der Waals surface area contributed by atoms with Crippen LogP contribution in [0.4, 0.5) is 0 Å². The molecular formula is C10H18N2O3Si. The number of nitrogens with zero attached hydrogens (tertiary/aromatic N) is 2. The zero-order chi connectivity index (χ0) is 12.3. The molecule has 0 saturated carbocycles. The lowest BCUT2D eigenvalue weighted by Crippen LogP contribution is -2.40. The maximum atomic E-state index is 5.28. The zero-order valence-electron chi connectivity index (χ0n) is 10.6. The summed E-state index contributed by atoms with van der Waals surface area (Å²) in [6.45, 7) is 6.55. The van der Waals surface area contributed by atoms with E-state index in [0.29, 0.717) is 11.8 Å². The number of rotatable bonds is 4. The van der Waals surface area contributed by atoms with Crippen molar-refractivity contribution in [3.8, 4) is 17.8 Å². The first-order valence-electron chi connectivity index (χ1n) is 4.98. The molecule has 0 aromatic carbocycles. The molecule has 0 aliphatic heterocycles. The van der Waals surface area contributed by atoms with Crippen LogP contribution in [0.25, 0.3) is 0 Å². The highest BCUT2D eigenvalue weighted by Crippen LogP contribution is 2.21. The normalized spacial score (nSPS) is 11.1. The highest BCUT2D eigenvalue weighted by molar-refractivity contribution is 6.89. The maximum absolute atomic E-state index is 5.28. The Morgan fingerprint density at radius 1 is 0.812 bits per heavy atom. The van der Waals surface area contributed by atoms with E-state index in [9.17, 15) is 0 Å². The molecule has 0 N–H and O–H groups in total. The van der Waals surface area contributed by atoms with Crippen molar-refractivity contribution in [1.29, 1.82) is 0 Å². The van der Waals surface area contributed by atoms with Crippen LogP contribution in [0.1, 0.15) is 0 Å². The highest BCUT2D eigenvalue weighted by atomic mass is 28.3. The minimum Gasteiger partial charge on any atom is -0.481 e. The van der Waals surface area contributed by atoms with E-state index < -0.39 is 8.07 Å². The first-order chi connectivity index (χ1) is 7.43. The maximum Gasteiger partial charge on any atom is 0.322 e. The van der Waals surface area contributed by atoms with Gasteiger partial charge in [0.1, 0.15) is 0 Å². The summed E-state index contributed by atoms with van der Waals surface area (Å²) in [5.41, 5.74) is 0. The number of methoxy groups -OCH3 is 3. The molecule has 0 saturated heterocycles. The Morgan fingerprint density at radius 2 is 1.25 bits per heavy atom. The van der Waals surface area contributed by atoms with Gasteiger partial charge in [0.15, 0.2) is 0 Å². The topological polar surface area (TPSA) is 53.5 Å². The SMILES string of the molecule is COc1nc(OC)c([Si](C)(C)C)c(OC)n1. The van der Waals surface area contributed by atoms with Crippen LogP contribution >= 0.6 is 0 Å². The Morgan fingerprint density at radius 3 is 1.50 bits per heavy atom. The molecular weight excluding hydrogens is 224 g/mol. The molecule has 0 spiro atoms. The van der Waals surface area contributed by atoms with Gasteiger partial charge in [-0.3, -0.25) is 0 Å². The Balaban J connectivity index is 3.44. The first-order valence-corrected chi connectivity index (χ1v) is 8.48.